The van der Waals surface area contributed by atoms with Crippen LogP contribution in [0.4, 0.5) is 0 Å². The molecule has 4 fully saturated rings. The molecule has 4 bridgehead atoms. The molecule has 1 heteroatoms. The van der Waals surface area contributed by atoms with Gasteiger partial charge in [0.05, 0.1) is 6.10 Å². The van der Waals surface area contributed by atoms with Gasteiger partial charge in [-0.05, 0) is 67.6 Å². The third-order valence-corrected chi connectivity index (χ3v) is 5.94. The standard InChI is InChI=1S/C16H28O/c1-3-4-5-14(17)16-9-12-6-13(10-16)8-15(2,7-12)11-16/h12-14,17H,3-11H2,1-2H3. The summed E-state index contributed by atoms with van der Waals surface area (Å²) in [5.74, 6) is 1.88. The molecular weight excluding hydrogens is 208 g/mol. The van der Waals surface area contributed by atoms with E-state index in [0.717, 1.165) is 18.3 Å². The highest BCUT2D eigenvalue weighted by Gasteiger charge is 2.57. The quantitative estimate of drug-likeness (QED) is 0.777. The molecule has 0 heterocycles. The highest BCUT2D eigenvalue weighted by atomic mass is 16.3. The van der Waals surface area contributed by atoms with E-state index in [1.54, 1.807) is 0 Å². The minimum absolute atomic E-state index is 0.00678. The fourth-order valence-electron chi connectivity index (χ4n) is 5.89. The first-order valence-corrected chi connectivity index (χ1v) is 7.73. The maximum Gasteiger partial charge on any atom is 0.0596 e. The molecule has 98 valence electrons. The van der Waals surface area contributed by atoms with Gasteiger partial charge in [0.25, 0.3) is 0 Å². The maximum atomic E-state index is 10.7. The lowest BCUT2D eigenvalue weighted by Crippen LogP contribution is -2.55. The van der Waals surface area contributed by atoms with Crippen molar-refractivity contribution in [3.63, 3.8) is 0 Å². The summed E-state index contributed by atoms with van der Waals surface area (Å²) >= 11 is 0. The fourth-order valence-corrected chi connectivity index (χ4v) is 5.89. The molecule has 4 saturated carbocycles. The highest BCUT2D eigenvalue weighted by Crippen LogP contribution is 2.66. The van der Waals surface area contributed by atoms with Gasteiger partial charge < -0.3 is 5.11 Å². The molecular formula is C16H28O. The average Bonchev–Trinajstić information content (AvgIpc) is 2.22. The molecule has 0 aromatic heterocycles. The van der Waals surface area contributed by atoms with Crippen molar-refractivity contribution in [2.24, 2.45) is 22.7 Å². The zero-order chi connectivity index (χ0) is 12.1. The number of aliphatic hydroxyl groups excluding tert-OH is 1. The maximum absolute atomic E-state index is 10.7. The van der Waals surface area contributed by atoms with Gasteiger partial charge in [-0.25, -0.2) is 0 Å². The van der Waals surface area contributed by atoms with Crippen molar-refractivity contribution in [1.29, 1.82) is 0 Å². The Morgan fingerprint density at radius 1 is 1.18 bits per heavy atom. The number of hydrogen-bond donors (Lipinski definition) is 1. The largest absolute Gasteiger partial charge is 0.393 e. The Bertz CT molecular complexity index is 282. The molecule has 0 amide bonds. The summed E-state index contributed by atoms with van der Waals surface area (Å²) < 4.78 is 0. The highest BCUT2D eigenvalue weighted by molar-refractivity contribution is 5.08. The van der Waals surface area contributed by atoms with Crippen LogP contribution in [0.5, 0.6) is 0 Å². The van der Waals surface area contributed by atoms with Crippen LogP contribution in [0.2, 0.25) is 0 Å². The Hall–Kier alpha value is -0.0400. The van der Waals surface area contributed by atoms with Gasteiger partial charge in [0.15, 0.2) is 0 Å². The van der Waals surface area contributed by atoms with E-state index in [1.165, 1.54) is 51.4 Å². The van der Waals surface area contributed by atoms with Gasteiger partial charge in [-0.15, -0.1) is 0 Å². The second-order valence-electron chi connectivity index (χ2n) is 7.79. The normalized spacial score (nSPS) is 49.6. The number of rotatable bonds is 4. The topological polar surface area (TPSA) is 20.2 Å². The molecule has 4 rings (SSSR count). The first kappa shape index (κ1) is 12.0. The van der Waals surface area contributed by atoms with Crippen LogP contribution in [0, 0.1) is 22.7 Å². The molecule has 3 atom stereocenters. The average molecular weight is 236 g/mol. The van der Waals surface area contributed by atoms with E-state index in [4.69, 9.17) is 0 Å². The Balaban J connectivity index is 1.78. The molecule has 0 saturated heterocycles. The molecule has 0 aromatic carbocycles. The minimum atomic E-state index is -0.00678. The van der Waals surface area contributed by atoms with Gasteiger partial charge >= 0.3 is 0 Å². The van der Waals surface area contributed by atoms with Crippen LogP contribution in [-0.4, -0.2) is 11.2 Å². The van der Waals surface area contributed by atoms with Crippen LogP contribution in [-0.2, 0) is 0 Å². The van der Waals surface area contributed by atoms with E-state index >= 15 is 0 Å². The van der Waals surface area contributed by atoms with Crippen LogP contribution in [0.1, 0.15) is 71.6 Å². The molecule has 1 nitrogen and oxygen atoms in total. The van der Waals surface area contributed by atoms with Crippen molar-refractivity contribution in [3.8, 4) is 0 Å². The first-order valence-electron chi connectivity index (χ1n) is 7.73. The van der Waals surface area contributed by atoms with Gasteiger partial charge in [-0.1, -0.05) is 26.7 Å². The van der Waals surface area contributed by atoms with Crippen molar-refractivity contribution in [3.05, 3.63) is 0 Å². The van der Waals surface area contributed by atoms with Gasteiger partial charge in [0.2, 0.25) is 0 Å². The summed E-state index contributed by atoms with van der Waals surface area (Å²) in [5, 5.41) is 10.7. The smallest absolute Gasteiger partial charge is 0.0596 e. The molecule has 17 heavy (non-hydrogen) atoms. The molecule has 0 radical (unpaired) electrons. The zero-order valence-electron chi connectivity index (χ0n) is 11.5. The lowest BCUT2D eigenvalue weighted by Gasteiger charge is -2.62. The van der Waals surface area contributed by atoms with Gasteiger partial charge in [0.1, 0.15) is 0 Å². The Labute approximate surface area is 106 Å². The molecule has 0 aromatic rings. The van der Waals surface area contributed by atoms with E-state index < -0.39 is 0 Å². The van der Waals surface area contributed by atoms with Crippen molar-refractivity contribution >= 4 is 0 Å². The van der Waals surface area contributed by atoms with E-state index in [0.29, 0.717) is 10.8 Å². The summed E-state index contributed by atoms with van der Waals surface area (Å²) in [6.45, 7) is 4.72. The monoisotopic (exact) mass is 236 g/mol. The second-order valence-corrected chi connectivity index (χ2v) is 7.79. The van der Waals surface area contributed by atoms with E-state index in [1.807, 2.05) is 0 Å². The van der Waals surface area contributed by atoms with Crippen molar-refractivity contribution in [1.82, 2.24) is 0 Å². The predicted octanol–water partition coefficient (Wildman–Crippen LogP) is 4.14. The van der Waals surface area contributed by atoms with Crippen LogP contribution in [0.15, 0.2) is 0 Å². The van der Waals surface area contributed by atoms with Crippen molar-refractivity contribution < 1.29 is 5.11 Å². The molecule has 4 aliphatic carbocycles. The van der Waals surface area contributed by atoms with Crippen LogP contribution < -0.4 is 0 Å². The number of unbranched alkanes of at least 4 members (excludes halogenated alkanes) is 1. The summed E-state index contributed by atoms with van der Waals surface area (Å²) in [6, 6.07) is 0. The fraction of sp³-hybridized carbons (Fsp3) is 1.00. The number of hydrogen-bond acceptors (Lipinski definition) is 1. The minimum Gasteiger partial charge on any atom is -0.393 e. The molecule has 1 N–H and O–H groups in total. The number of aliphatic hydroxyl groups is 1. The third-order valence-electron chi connectivity index (χ3n) is 5.94. The lowest BCUT2D eigenvalue weighted by molar-refractivity contribution is -0.154. The molecule has 4 aliphatic rings. The Morgan fingerprint density at radius 2 is 1.82 bits per heavy atom. The second kappa shape index (κ2) is 3.98. The van der Waals surface area contributed by atoms with E-state index in [9.17, 15) is 5.11 Å². The van der Waals surface area contributed by atoms with Gasteiger partial charge in [-0.2, -0.15) is 0 Å². The summed E-state index contributed by atoms with van der Waals surface area (Å²) in [6.07, 6.45) is 11.8. The van der Waals surface area contributed by atoms with E-state index in [2.05, 4.69) is 13.8 Å². The molecule has 0 spiro atoms. The van der Waals surface area contributed by atoms with Gasteiger partial charge in [-0.3, -0.25) is 0 Å². The summed E-state index contributed by atoms with van der Waals surface area (Å²) in [4.78, 5) is 0. The Morgan fingerprint density at radius 3 is 2.35 bits per heavy atom. The van der Waals surface area contributed by atoms with Crippen molar-refractivity contribution in [2.75, 3.05) is 0 Å². The van der Waals surface area contributed by atoms with Crippen molar-refractivity contribution in [2.45, 2.75) is 77.7 Å². The van der Waals surface area contributed by atoms with Crippen LogP contribution >= 0.6 is 0 Å². The predicted molar refractivity (Wildman–Crippen MR) is 70.8 cm³/mol. The van der Waals surface area contributed by atoms with Crippen LogP contribution in [0.3, 0.4) is 0 Å². The molecule has 3 unspecified atom stereocenters. The Kier molecular flexibility index (Phi) is 2.81. The van der Waals surface area contributed by atoms with Crippen LogP contribution in [0.25, 0.3) is 0 Å². The van der Waals surface area contributed by atoms with Gasteiger partial charge in [0, 0.05) is 0 Å². The third kappa shape index (κ3) is 1.95. The first-order chi connectivity index (χ1) is 8.05. The SMILES string of the molecule is CCCCC(O)C12CC3CC(CC(C)(C3)C1)C2. The zero-order valence-corrected chi connectivity index (χ0v) is 11.5. The summed E-state index contributed by atoms with van der Waals surface area (Å²) in [5.41, 5.74) is 0.908. The lowest BCUT2D eigenvalue weighted by atomic mass is 9.43. The molecule has 0 aliphatic heterocycles. The van der Waals surface area contributed by atoms with E-state index in [-0.39, 0.29) is 6.10 Å². The summed E-state index contributed by atoms with van der Waals surface area (Å²) in [7, 11) is 0.